The maximum Gasteiger partial charge on any atom is 0.323 e. The molecule has 0 atom stereocenters. The fourth-order valence-corrected chi connectivity index (χ4v) is 1.16. The van der Waals surface area contributed by atoms with Crippen molar-refractivity contribution in [2.45, 2.75) is 33.2 Å². The molecule has 2 N–H and O–H groups in total. The minimum absolute atomic E-state index is 0.182. The van der Waals surface area contributed by atoms with Gasteiger partial charge in [0.1, 0.15) is 6.54 Å². The summed E-state index contributed by atoms with van der Waals surface area (Å²) in [4.78, 5) is 23.7. The Bertz CT molecular complexity index is 233. The summed E-state index contributed by atoms with van der Waals surface area (Å²) in [5.41, 5.74) is -0.467. The molecule has 0 unspecified atom stereocenters. The van der Waals surface area contributed by atoms with Gasteiger partial charge in [-0.25, -0.2) is 0 Å². The van der Waals surface area contributed by atoms with Crippen LogP contribution in [0.25, 0.3) is 0 Å². The number of hydrogen-bond acceptors (Lipinski definition) is 3. The Balaban J connectivity index is 4.49. The van der Waals surface area contributed by atoms with Crippen LogP contribution in [-0.2, 0) is 9.59 Å². The van der Waals surface area contributed by atoms with Gasteiger partial charge in [0.15, 0.2) is 0 Å². The highest BCUT2D eigenvalue weighted by molar-refractivity contribution is 5.83. The zero-order valence-electron chi connectivity index (χ0n) is 9.83. The van der Waals surface area contributed by atoms with Gasteiger partial charge in [-0.1, -0.05) is 6.92 Å². The molecule has 0 spiro atoms. The molecule has 0 aliphatic carbocycles. The minimum atomic E-state index is -0.991. The van der Waals surface area contributed by atoms with E-state index < -0.39 is 11.5 Å². The Morgan fingerprint density at radius 3 is 2.20 bits per heavy atom. The van der Waals surface area contributed by atoms with Crippen LogP contribution in [0.5, 0.6) is 0 Å². The van der Waals surface area contributed by atoms with Gasteiger partial charge >= 0.3 is 5.97 Å². The number of hydrogen-bond donors (Lipinski definition) is 2. The molecule has 0 aliphatic heterocycles. The van der Waals surface area contributed by atoms with E-state index in [0.29, 0.717) is 6.54 Å². The first kappa shape index (κ1) is 13.9. The molecule has 0 radical (unpaired) electrons. The second-order valence-electron chi connectivity index (χ2n) is 4.32. The van der Waals surface area contributed by atoms with E-state index >= 15 is 0 Å². The molecule has 0 heterocycles. The highest BCUT2D eigenvalue weighted by Crippen LogP contribution is 2.12. The second-order valence-corrected chi connectivity index (χ2v) is 4.32. The van der Waals surface area contributed by atoms with Crippen LogP contribution < -0.4 is 5.32 Å². The fourth-order valence-electron chi connectivity index (χ4n) is 1.16. The molecule has 0 rings (SSSR count). The van der Waals surface area contributed by atoms with E-state index in [4.69, 9.17) is 5.11 Å². The summed E-state index contributed by atoms with van der Waals surface area (Å²) >= 11 is 0. The molecule has 1 amide bonds. The first-order valence-corrected chi connectivity index (χ1v) is 5.02. The van der Waals surface area contributed by atoms with Crippen molar-refractivity contribution in [3.8, 4) is 0 Å². The number of carboxylic acids is 1. The monoisotopic (exact) mass is 216 g/mol. The summed E-state index contributed by atoms with van der Waals surface area (Å²) in [6, 6.07) is 0. The molecule has 0 aromatic rings. The summed E-state index contributed by atoms with van der Waals surface area (Å²) in [5, 5.41) is 11.6. The van der Waals surface area contributed by atoms with Gasteiger partial charge in [0.25, 0.3) is 0 Å². The average Bonchev–Trinajstić information content (AvgIpc) is 2.08. The first-order chi connectivity index (χ1) is 6.79. The molecule has 88 valence electrons. The minimum Gasteiger partial charge on any atom is -0.480 e. The van der Waals surface area contributed by atoms with Gasteiger partial charge in [-0.15, -0.1) is 0 Å². The van der Waals surface area contributed by atoms with Crippen LogP contribution >= 0.6 is 0 Å². The Labute approximate surface area is 90.5 Å². The third kappa shape index (κ3) is 5.37. The molecule has 5 nitrogen and oxygen atoms in total. The zero-order valence-corrected chi connectivity index (χ0v) is 9.83. The van der Waals surface area contributed by atoms with Gasteiger partial charge in [-0.2, -0.15) is 0 Å². The van der Waals surface area contributed by atoms with E-state index in [9.17, 15) is 9.59 Å². The zero-order chi connectivity index (χ0) is 12.1. The molecular weight excluding hydrogens is 196 g/mol. The second kappa shape index (κ2) is 5.70. The van der Waals surface area contributed by atoms with Crippen molar-refractivity contribution >= 4 is 11.9 Å². The van der Waals surface area contributed by atoms with Crippen LogP contribution in [0.4, 0.5) is 0 Å². The summed E-state index contributed by atoms with van der Waals surface area (Å²) < 4.78 is 0. The van der Waals surface area contributed by atoms with E-state index in [2.05, 4.69) is 5.32 Å². The number of likely N-dealkylation sites (N-methyl/N-ethyl adjacent to an activating group) is 1. The predicted octanol–water partition coefficient (Wildman–Crippen LogP) is 0.308. The number of aliphatic carboxylic acids is 1. The number of amides is 1. The topological polar surface area (TPSA) is 69.6 Å². The standard InChI is InChI=1S/C10H20N2O3/c1-5-11-6-8(13)12(7-9(14)15)10(2,3)4/h11H,5-7H2,1-4H3,(H,14,15). The molecular formula is C10H20N2O3. The highest BCUT2D eigenvalue weighted by atomic mass is 16.4. The summed E-state index contributed by atoms with van der Waals surface area (Å²) in [6.45, 7) is 7.97. The Kier molecular flexibility index (Phi) is 5.28. The Morgan fingerprint density at radius 2 is 1.87 bits per heavy atom. The average molecular weight is 216 g/mol. The van der Waals surface area contributed by atoms with E-state index in [1.807, 2.05) is 27.7 Å². The summed E-state index contributed by atoms with van der Waals surface area (Å²) in [7, 11) is 0. The third-order valence-corrected chi connectivity index (χ3v) is 1.93. The van der Waals surface area contributed by atoms with Crippen LogP contribution in [0.1, 0.15) is 27.7 Å². The van der Waals surface area contributed by atoms with Crippen molar-refractivity contribution in [2.24, 2.45) is 0 Å². The van der Waals surface area contributed by atoms with Crippen LogP contribution in [-0.4, -0.2) is 47.1 Å². The van der Waals surface area contributed by atoms with Crippen LogP contribution in [0.15, 0.2) is 0 Å². The van der Waals surface area contributed by atoms with Crippen molar-refractivity contribution in [1.29, 1.82) is 0 Å². The quantitative estimate of drug-likeness (QED) is 0.694. The van der Waals surface area contributed by atoms with Crippen LogP contribution in [0.2, 0.25) is 0 Å². The van der Waals surface area contributed by atoms with Gasteiger partial charge in [0, 0.05) is 5.54 Å². The lowest BCUT2D eigenvalue weighted by Gasteiger charge is -2.34. The fraction of sp³-hybridized carbons (Fsp3) is 0.800. The van der Waals surface area contributed by atoms with Gasteiger partial charge in [-0.05, 0) is 27.3 Å². The molecule has 0 aromatic heterocycles. The molecule has 0 fully saturated rings. The summed E-state index contributed by atoms with van der Waals surface area (Å²) in [6.07, 6.45) is 0. The molecule has 15 heavy (non-hydrogen) atoms. The van der Waals surface area contributed by atoms with Crippen LogP contribution in [0.3, 0.4) is 0 Å². The molecule has 0 aromatic carbocycles. The lowest BCUT2D eigenvalue weighted by atomic mass is 10.1. The van der Waals surface area contributed by atoms with E-state index in [-0.39, 0.29) is 19.0 Å². The van der Waals surface area contributed by atoms with Gasteiger partial charge < -0.3 is 15.3 Å². The molecule has 0 aliphatic rings. The first-order valence-electron chi connectivity index (χ1n) is 5.02. The number of nitrogens with zero attached hydrogens (tertiary/aromatic N) is 1. The van der Waals surface area contributed by atoms with E-state index in [1.54, 1.807) is 0 Å². The third-order valence-electron chi connectivity index (χ3n) is 1.93. The van der Waals surface area contributed by atoms with Gasteiger partial charge in [0.2, 0.25) is 5.91 Å². The maximum atomic E-state index is 11.7. The maximum absolute atomic E-state index is 11.7. The smallest absolute Gasteiger partial charge is 0.323 e. The highest BCUT2D eigenvalue weighted by Gasteiger charge is 2.27. The molecule has 5 heteroatoms. The number of carboxylic acid groups (broad SMARTS) is 1. The number of nitrogens with one attached hydrogen (secondary N) is 1. The Hall–Kier alpha value is -1.10. The van der Waals surface area contributed by atoms with Crippen molar-refractivity contribution in [3.05, 3.63) is 0 Å². The molecule has 0 saturated carbocycles. The van der Waals surface area contributed by atoms with Crippen molar-refractivity contribution in [3.63, 3.8) is 0 Å². The normalized spacial score (nSPS) is 11.2. The van der Waals surface area contributed by atoms with E-state index in [1.165, 1.54) is 4.90 Å². The molecule has 0 bridgehead atoms. The van der Waals surface area contributed by atoms with E-state index in [0.717, 1.165) is 0 Å². The number of carbonyl (C=O) groups is 2. The summed E-state index contributed by atoms with van der Waals surface area (Å²) in [5.74, 6) is -1.18. The lowest BCUT2D eigenvalue weighted by molar-refractivity contribution is -0.147. The molecule has 0 saturated heterocycles. The van der Waals surface area contributed by atoms with Crippen molar-refractivity contribution in [1.82, 2.24) is 10.2 Å². The predicted molar refractivity (Wildman–Crippen MR) is 57.6 cm³/mol. The van der Waals surface area contributed by atoms with Crippen molar-refractivity contribution < 1.29 is 14.7 Å². The lowest BCUT2D eigenvalue weighted by Crippen LogP contribution is -2.51. The Morgan fingerprint density at radius 1 is 1.33 bits per heavy atom. The van der Waals surface area contributed by atoms with Crippen molar-refractivity contribution in [2.75, 3.05) is 19.6 Å². The number of rotatable bonds is 5. The van der Waals surface area contributed by atoms with Crippen LogP contribution in [0, 0.1) is 0 Å². The van der Waals surface area contributed by atoms with Gasteiger partial charge in [0.05, 0.1) is 6.54 Å². The number of carbonyl (C=O) groups excluding carboxylic acids is 1. The largest absolute Gasteiger partial charge is 0.480 e. The SMILES string of the molecule is CCNCC(=O)N(CC(=O)O)C(C)(C)C. The van der Waals surface area contributed by atoms with Gasteiger partial charge in [-0.3, -0.25) is 9.59 Å².